The molecule has 1 atom stereocenters. The number of halogens is 2. The van der Waals surface area contributed by atoms with Crippen LogP contribution in [-0.2, 0) is 4.79 Å². The van der Waals surface area contributed by atoms with E-state index < -0.39 is 11.6 Å². The minimum Gasteiger partial charge on any atom is -0.489 e. The number of benzene rings is 3. The highest BCUT2D eigenvalue weighted by molar-refractivity contribution is 5.97. The summed E-state index contributed by atoms with van der Waals surface area (Å²) in [4.78, 5) is 14.7. The van der Waals surface area contributed by atoms with Gasteiger partial charge in [-0.25, -0.2) is 8.78 Å². The predicted molar refractivity (Wildman–Crippen MR) is 100 cm³/mol. The quantitative estimate of drug-likeness (QED) is 0.668. The van der Waals surface area contributed by atoms with E-state index in [2.05, 4.69) is 0 Å². The molecule has 0 aliphatic carbocycles. The maximum atomic E-state index is 13.8. The van der Waals surface area contributed by atoms with Crippen molar-refractivity contribution in [2.24, 2.45) is 0 Å². The molecular formula is C22H17F2NO3. The van der Waals surface area contributed by atoms with Gasteiger partial charge in [-0.3, -0.25) is 9.69 Å². The van der Waals surface area contributed by atoms with Crippen LogP contribution in [-0.4, -0.2) is 19.1 Å². The van der Waals surface area contributed by atoms with Crippen molar-refractivity contribution in [3.05, 3.63) is 90.0 Å². The van der Waals surface area contributed by atoms with Gasteiger partial charge < -0.3 is 9.47 Å². The average Bonchev–Trinajstić information content (AvgIpc) is 2.72. The van der Waals surface area contributed by atoms with Gasteiger partial charge in [0.25, 0.3) is 5.91 Å². The van der Waals surface area contributed by atoms with E-state index in [4.69, 9.17) is 9.47 Å². The summed E-state index contributed by atoms with van der Waals surface area (Å²) in [5.41, 5.74) is 1.54. The second kappa shape index (κ2) is 7.68. The number of rotatable bonds is 4. The van der Waals surface area contributed by atoms with Crippen molar-refractivity contribution in [2.45, 2.75) is 6.04 Å². The molecule has 0 saturated heterocycles. The second-order valence-electron chi connectivity index (χ2n) is 6.33. The Balaban J connectivity index is 1.62. The average molecular weight is 381 g/mol. The fraction of sp³-hybridized carbons (Fsp3) is 0.136. The summed E-state index contributed by atoms with van der Waals surface area (Å²) in [5, 5.41) is 0. The molecular weight excluding hydrogens is 364 g/mol. The van der Waals surface area contributed by atoms with Crippen molar-refractivity contribution < 1.29 is 23.0 Å². The number of carbonyl (C=O) groups excluding carboxylic acids is 1. The highest BCUT2D eigenvalue weighted by Crippen LogP contribution is 2.39. The van der Waals surface area contributed by atoms with E-state index in [0.717, 1.165) is 17.7 Å². The number of ether oxygens (including phenoxy) is 2. The van der Waals surface area contributed by atoms with Crippen LogP contribution in [0.25, 0.3) is 0 Å². The van der Waals surface area contributed by atoms with Crippen molar-refractivity contribution in [1.82, 2.24) is 0 Å². The fourth-order valence-corrected chi connectivity index (χ4v) is 3.22. The predicted octanol–water partition coefficient (Wildman–Crippen LogP) is 4.51. The maximum Gasteiger partial charge on any atom is 0.265 e. The van der Waals surface area contributed by atoms with Crippen LogP contribution in [0.4, 0.5) is 14.5 Å². The zero-order chi connectivity index (χ0) is 19.5. The van der Waals surface area contributed by atoms with Crippen LogP contribution in [0.2, 0.25) is 0 Å². The molecule has 1 aliphatic heterocycles. The maximum absolute atomic E-state index is 13.8. The Morgan fingerprint density at radius 2 is 1.79 bits per heavy atom. The van der Waals surface area contributed by atoms with Gasteiger partial charge in [-0.2, -0.15) is 0 Å². The van der Waals surface area contributed by atoms with E-state index in [0.29, 0.717) is 11.4 Å². The van der Waals surface area contributed by atoms with Crippen molar-refractivity contribution in [3.8, 4) is 11.5 Å². The topological polar surface area (TPSA) is 38.8 Å². The van der Waals surface area contributed by atoms with E-state index in [-0.39, 0.29) is 30.9 Å². The largest absolute Gasteiger partial charge is 0.489 e. The highest BCUT2D eigenvalue weighted by atomic mass is 19.1. The molecule has 1 amide bonds. The molecule has 0 radical (unpaired) electrons. The summed E-state index contributed by atoms with van der Waals surface area (Å²) in [6, 6.07) is 19.4. The van der Waals surface area contributed by atoms with Crippen LogP contribution >= 0.6 is 0 Å². The minimum absolute atomic E-state index is 0.174. The lowest BCUT2D eigenvalue weighted by Gasteiger charge is -2.37. The first-order chi connectivity index (χ1) is 13.6. The van der Waals surface area contributed by atoms with Gasteiger partial charge in [-0.15, -0.1) is 0 Å². The number of anilines is 1. The fourth-order valence-electron chi connectivity index (χ4n) is 3.22. The first-order valence-electron chi connectivity index (χ1n) is 8.80. The number of fused-ring (bicyclic) bond motifs is 1. The summed E-state index contributed by atoms with van der Waals surface area (Å²) >= 11 is 0. The molecule has 142 valence electrons. The first kappa shape index (κ1) is 18.0. The van der Waals surface area contributed by atoms with Gasteiger partial charge in [-0.05, 0) is 29.8 Å². The van der Waals surface area contributed by atoms with Crippen molar-refractivity contribution in [2.75, 3.05) is 18.1 Å². The Morgan fingerprint density at radius 1 is 1.04 bits per heavy atom. The Bertz CT molecular complexity index is 994. The molecule has 0 spiro atoms. The minimum atomic E-state index is -0.852. The third-order valence-corrected chi connectivity index (χ3v) is 4.53. The number of amides is 1. The van der Waals surface area contributed by atoms with E-state index >= 15 is 0 Å². The summed E-state index contributed by atoms with van der Waals surface area (Å²) in [6.45, 7) is -0.0993. The molecule has 1 aliphatic rings. The molecule has 3 aromatic rings. The molecule has 0 saturated carbocycles. The van der Waals surface area contributed by atoms with E-state index in [1.54, 1.807) is 17.0 Å². The summed E-state index contributed by atoms with van der Waals surface area (Å²) in [7, 11) is 0. The van der Waals surface area contributed by atoms with Gasteiger partial charge in [0.2, 0.25) is 0 Å². The molecule has 3 aromatic carbocycles. The van der Waals surface area contributed by atoms with Gasteiger partial charge >= 0.3 is 0 Å². The summed E-state index contributed by atoms with van der Waals surface area (Å²) < 4.78 is 38.0. The third-order valence-electron chi connectivity index (χ3n) is 4.53. The molecule has 28 heavy (non-hydrogen) atoms. The molecule has 6 heteroatoms. The van der Waals surface area contributed by atoms with E-state index in [1.165, 1.54) is 6.07 Å². The smallest absolute Gasteiger partial charge is 0.265 e. The lowest BCUT2D eigenvalue weighted by molar-refractivity contribution is -0.121. The van der Waals surface area contributed by atoms with Crippen LogP contribution in [0.5, 0.6) is 11.5 Å². The number of para-hydroxylation sites is 2. The van der Waals surface area contributed by atoms with Crippen molar-refractivity contribution in [1.29, 1.82) is 0 Å². The van der Waals surface area contributed by atoms with E-state index in [9.17, 15) is 13.6 Å². The van der Waals surface area contributed by atoms with Crippen LogP contribution in [0.1, 0.15) is 11.6 Å². The second-order valence-corrected chi connectivity index (χ2v) is 6.33. The monoisotopic (exact) mass is 381 g/mol. The number of hydrogen-bond donors (Lipinski definition) is 0. The lowest BCUT2D eigenvalue weighted by Crippen LogP contribution is -2.43. The van der Waals surface area contributed by atoms with E-state index in [1.807, 2.05) is 42.5 Å². The van der Waals surface area contributed by atoms with Crippen LogP contribution in [0.15, 0.2) is 72.8 Å². The molecule has 1 heterocycles. The Morgan fingerprint density at radius 3 is 2.57 bits per heavy atom. The molecule has 0 unspecified atom stereocenters. The summed E-state index contributed by atoms with van der Waals surface area (Å²) in [6.07, 6.45) is 0. The van der Waals surface area contributed by atoms with Crippen LogP contribution in [0.3, 0.4) is 0 Å². The highest BCUT2D eigenvalue weighted by Gasteiger charge is 2.33. The normalized spacial score (nSPS) is 15.5. The molecule has 0 bridgehead atoms. The first-order valence-corrected chi connectivity index (χ1v) is 8.80. The van der Waals surface area contributed by atoms with Gasteiger partial charge in [-0.1, -0.05) is 42.5 Å². The Hall–Kier alpha value is -3.41. The SMILES string of the molecule is O=C(COc1ccc(F)cc1F)N1c2ccccc2OC[C@H]1c1ccccc1. The van der Waals surface area contributed by atoms with Gasteiger partial charge in [0.1, 0.15) is 18.2 Å². The van der Waals surface area contributed by atoms with Gasteiger partial charge in [0.05, 0.1) is 11.7 Å². The van der Waals surface area contributed by atoms with Crippen molar-refractivity contribution >= 4 is 11.6 Å². The molecule has 0 N–H and O–H groups in total. The lowest BCUT2D eigenvalue weighted by atomic mass is 10.0. The van der Waals surface area contributed by atoms with Gasteiger partial charge in [0.15, 0.2) is 18.2 Å². The number of nitrogens with zero attached hydrogens (tertiary/aromatic N) is 1. The van der Waals surface area contributed by atoms with Gasteiger partial charge in [0, 0.05) is 6.07 Å². The summed E-state index contributed by atoms with van der Waals surface area (Å²) in [5.74, 6) is -1.49. The van der Waals surface area contributed by atoms with Crippen LogP contribution in [0, 0.1) is 11.6 Å². The molecule has 0 aromatic heterocycles. The number of carbonyl (C=O) groups is 1. The molecule has 4 nitrogen and oxygen atoms in total. The zero-order valence-electron chi connectivity index (χ0n) is 14.8. The number of hydrogen-bond acceptors (Lipinski definition) is 3. The molecule has 0 fully saturated rings. The Labute approximate surface area is 160 Å². The standard InChI is InChI=1S/C22H17F2NO3/c23-16-10-11-20(17(24)12-16)28-14-22(26)25-18-8-4-5-9-21(18)27-13-19(25)15-6-2-1-3-7-15/h1-12,19H,13-14H2/t19-/m0/s1. The Kier molecular flexibility index (Phi) is 4.93. The van der Waals surface area contributed by atoms with Crippen molar-refractivity contribution in [3.63, 3.8) is 0 Å². The zero-order valence-corrected chi connectivity index (χ0v) is 14.8. The third kappa shape index (κ3) is 3.53. The molecule has 4 rings (SSSR count). The van der Waals surface area contributed by atoms with Crippen LogP contribution < -0.4 is 14.4 Å².